The van der Waals surface area contributed by atoms with E-state index in [2.05, 4.69) is 23.2 Å². The van der Waals surface area contributed by atoms with Gasteiger partial charge in [-0.1, -0.05) is 42.5 Å². The van der Waals surface area contributed by atoms with Gasteiger partial charge in [0, 0.05) is 45.0 Å². The first kappa shape index (κ1) is 17.5. The van der Waals surface area contributed by atoms with Gasteiger partial charge in [0.05, 0.1) is 5.92 Å². The highest BCUT2D eigenvalue weighted by atomic mass is 16.2. The largest absolute Gasteiger partial charge is 0.338 e. The Balaban J connectivity index is 1.36. The number of aromatic nitrogens is 1. The number of nitrogens with zero attached hydrogens (tertiary/aromatic N) is 3. The number of benzene rings is 1. The molecule has 1 fully saturated rings. The fourth-order valence-corrected chi connectivity index (χ4v) is 3.84. The summed E-state index contributed by atoms with van der Waals surface area (Å²) in [7, 11) is 0. The van der Waals surface area contributed by atoms with E-state index in [4.69, 9.17) is 0 Å². The monoisotopic (exact) mass is 361 g/mol. The van der Waals surface area contributed by atoms with Crippen molar-refractivity contribution in [2.75, 3.05) is 19.6 Å². The van der Waals surface area contributed by atoms with Crippen molar-refractivity contribution < 1.29 is 9.59 Å². The smallest absolute Gasteiger partial charge is 0.228 e. The normalized spacial score (nSPS) is 19.9. The van der Waals surface area contributed by atoms with Crippen LogP contribution in [0.3, 0.4) is 0 Å². The van der Waals surface area contributed by atoms with Gasteiger partial charge in [0.25, 0.3) is 0 Å². The number of carbonyl (C=O) groups is 2. The molecule has 2 amide bonds. The van der Waals surface area contributed by atoms with Crippen molar-refractivity contribution in [3.63, 3.8) is 0 Å². The Kier molecular flexibility index (Phi) is 5.01. The Labute approximate surface area is 159 Å². The van der Waals surface area contributed by atoms with E-state index < -0.39 is 0 Å². The Morgan fingerprint density at radius 2 is 2.00 bits per heavy atom. The zero-order chi connectivity index (χ0) is 18.6. The first-order chi connectivity index (χ1) is 13.2. The minimum absolute atomic E-state index is 0.0507. The first-order valence-electron chi connectivity index (χ1n) is 9.40. The topological polar surface area (TPSA) is 53.5 Å². The van der Waals surface area contributed by atoms with Gasteiger partial charge in [-0.05, 0) is 29.2 Å². The lowest BCUT2D eigenvalue weighted by Gasteiger charge is -2.29. The second kappa shape index (κ2) is 7.74. The summed E-state index contributed by atoms with van der Waals surface area (Å²) in [5.74, 6) is -0.0871. The van der Waals surface area contributed by atoms with E-state index >= 15 is 0 Å². The molecule has 2 aromatic rings. The van der Waals surface area contributed by atoms with Crippen molar-refractivity contribution in [2.45, 2.75) is 19.4 Å². The molecule has 0 spiro atoms. The first-order valence-corrected chi connectivity index (χ1v) is 9.40. The van der Waals surface area contributed by atoms with Crippen molar-refractivity contribution in [3.05, 3.63) is 72.1 Å². The Hall–Kier alpha value is -2.95. The molecule has 3 heterocycles. The highest BCUT2D eigenvalue weighted by Gasteiger charge is 2.36. The van der Waals surface area contributed by atoms with Crippen LogP contribution >= 0.6 is 0 Å². The molecule has 4 rings (SSSR count). The van der Waals surface area contributed by atoms with Crippen LogP contribution < -0.4 is 0 Å². The molecular weight excluding hydrogens is 338 g/mol. The van der Waals surface area contributed by atoms with Crippen LogP contribution in [0, 0.1) is 5.92 Å². The second-order valence-corrected chi connectivity index (χ2v) is 7.17. The van der Waals surface area contributed by atoms with Gasteiger partial charge in [-0.25, -0.2) is 0 Å². The van der Waals surface area contributed by atoms with Crippen LogP contribution in [-0.2, 0) is 16.1 Å². The predicted octanol–water partition coefficient (Wildman–Crippen LogP) is 2.75. The van der Waals surface area contributed by atoms with E-state index in [-0.39, 0.29) is 17.7 Å². The van der Waals surface area contributed by atoms with Crippen molar-refractivity contribution in [1.29, 1.82) is 0 Å². The maximum absolute atomic E-state index is 12.9. The summed E-state index contributed by atoms with van der Waals surface area (Å²) in [6.45, 7) is 2.36. The third-order valence-corrected chi connectivity index (χ3v) is 5.33. The van der Waals surface area contributed by atoms with Crippen molar-refractivity contribution in [1.82, 2.24) is 14.8 Å². The average molecular weight is 361 g/mol. The maximum Gasteiger partial charge on any atom is 0.228 e. The number of rotatable bonds is 4. The van der Waals surface area contributed by atoms with E-state index in [0.29, 0.717) is 32.6 Å². The lowest BCUT2D eigenvalue weighted by atomic mass is 9.98. The van der Waals surface area contributed by atoms with E-state index in [1.165, 1.54) is 11.1 Å². The molecule has 27 heavy (non-hydrogen) atoms. The fourth-order valence-electron chi connectivity index (χ4n) is 3.84. The van der Waals surface area contributed by atoms with Crippen molar-refractivity contribution >= 4 is 17.4 Å². The lowest BCUT2D eigenvalue weighted by Crippen LogP contribution is -2.39. The van der Waals surface area contributed by atoms with Crippen LogP contribution in [-0.4, -0.2) is 46.2 Å². The van der Waals surface area contributed by atoms with Crippen LogP contribution in [0.4, 0.5) is 0 Å². The highest BCUT2D eigenvalue weighted by molar-refractivity contribution is 5.89. The van der Waals surface area contributed by atoms with Gasteiger partial charge in [0.2, 0.25) is 11.8 Å². The minimum atomic E-state index is -0.235. The number of hydrogen-bond donors (Lipinski definition) is 0. The zero-order valence-electron chi connectivity index (χ0n) is 15.3. The van der Waals surface area contributed by atoms with Crippen molar-refractivity contribution in [3.8, 4) is 0 Å². The SMILES string of the molecule is O=C1C[C@@H](C(=O)N2CC=C(c3ccccc3)CC2)CN1Cc1cccnc1. The zero-order valence-corrected chi connectivity index (χ0v) is 15.3. The summed E-state index contributed by atoms with van der Waals surface area (Å²) in [6, 6.07) is 14.1. The number of hydrogen-bond acceptors (Lipinski definition) is 3. The summed E-state index contributed by atoms with van der Waals surface area (Å²) in [4.78, 5) is 33.0. The van der Waals surface area contributed by atoms with Crippen LogP contribution in [0.5, 0.6) is 0 Å². The summed E-state index contributed by atoms with van der Waals surface area (Å²) in [6.07, 6.45) is 6.79. The highest BCUT2D eigenvalue weighted by Crippen LogP contribution is 2.26. The second-order valence-electron chi connectivity index (χ2n) is 7.17. The number of amides is 2. The molecule has 0 N–H and O–H groups in total. The van der Waals surface area contributed by atoms with Crippen LogP contribution in [0.2, 0.25) is 0 Å². The lowest BCUT2D eigenvalue weighted by molar-refractivity contribution is -0.135. The van der Waals surface area contributed by atoms with E-state index in [1.807, 2.05) is 35.2 Å². The van der Waals surface area contributed by atoms with Gasteiger partial charge in [-0.3, -0.25) is 14.6 Å². The summed E-state index contributed by atoms with van der Waals surface area (Å²) >= 11 is 0. The molecule has 1 aromatic carbocycles. The molecule has 0 radical (unpaired) electrons. The van der Waals surface area contributed by atoms with Gasteiger partial charge in [-0.2, -0.15) is 0 Å². The van der Waals surface area contributed by atoms with Gasteiger partial charge in [0.1, 0.15) is 0 Å². The third-order valence-electron chi connectivity index (χ3n) is 5.33. The molecule has 1 atom stereocenters. The Bertz CT molecular complexity index is 848. The van der Waals surface area contributed by atoms with Crippen LogP contribution in [0.1, 0.15) is 24.0 Å². The van der Waals surface area contributed by atoms with Gasteiger partial charge in [0.15, 0.2) is 0 Å². The van der Waals surface area contributed by atoms with Crippen molar-refractivity contribution in [2.24, 2.45) is 5.92 Å². The molecule has 5 heteroatoms. The molecule has 138 valence electrons. The molecule has 0 unspecified atom stereocenters. The molecule has 0 saturated carbocycles. The molecule has 1 aromatic heterocycles. The summed E-state index contributed by atoms with van der Waals surface area (Å²) in [5.41, 5.74) is 3.51. The Morgan fingerprint density at radius 1 is 1.15 bits per heavy atom. The molecule has 1 saturated heterocycles. The van der Waals surface area contributed by atoms with E-state index in [0.717, 1.165) is 12.0 Å². The average Bonchev–Trinajstić information content (AvgIpc) is 3.09. The number of pyridine rings is 1. The molecule has 2 aliphatic rings. The minimum Gasteiger partial charge on any atom is -0.338 e. The Morgan fingerprint density at radius 3 is 2.70 bits per heavy atom. The molecule has 2 aliphatic heterocycles. The standard InChI is InChI=1S/C22H23N3O2/c26-21-13-20(16-25(21)15-17-5-4-10-23-14-17)22(27)24-11-8-19(9-12-24)18-6-2-1-3-7-18/h1-8,10,14,20H,9,11-13,15-16H2/t20-/m1/s1. The number of likely N-dealkylation sites (tertiary alicyclic amines) is 1. The summed E-state index contributed by atoms with van der Waals surface area (Å²) < 4.78 is 0. The molecule has 0 bridgehead atoms. The summed E-state index contributed by atoms with van der Waals surface area (Å²) in [5, 5.41) is 0. The van der Waals surface area contributed by atoms with E-state index in [1.54, 1.807) is 17.3 Å². The van der Waals surface area contributed by atoms with Crippen LogP contribution in [0.25, 0.3) is 5.57 Å². The predicted molar refractivity (Wildman–Crippen MR) is 103 cm³/mol. The quantitative estimate of drug-likeness (QED) is 0.841. The molecular formula is C22H23N3O2. The van der Waals surface area contributed by atoms with Gasteiger partial charge < -0.3 is 9.80 Å². The maximum atomic E-state index is 12.9. The van der Waals surface area contributed by atoms with Gasteiger partial charge >= 0.3 is 0 Å². The van der Waals surface area contributed by atoms with Gasteiger partial charge in [-0.15, -0.1) is 0 Å². The molecule has 0 aliphatic carbocycles. The molecule has 5 nitrogen and oxygen atoms in total. The van der Waals surface area contributed by atoms with Crippen LogP contribution in [0.15, 0.2) is 60.9 Å². The fraction of sp³-hybridized carbons (Fsp3) is 0.318. The third kappa shape index (κ3) is 3.92. The van der Waals surface area contributed by atoms with E-state index in [9.17, 15) is 9.59 Å². The number of carbonyl (C=O) groups excluding carboxylic acids is 2.